The summed E-state index contributed by atoms with van der Waals surface area (Å²) in [7, 11) is 0. The predicted molar refractivity (Wildman–Crippen MR) is 95.3 cm³/mol. The van der Waals surface area contributed by atoms with Crippen molar-refractivity contribution in [3.05, 3.63) is 53.1 Å². The molecule has 23 heavy (non-hydrogen) atoms. The largest absolute Gasteiger partial charge is 0.453 e. The highest BCUT2D eigenvalue weighted by atomic mass is 16.5. The Bertz CT molecular complexity index is 743. The molecule has 1 aliphatic rings. The zero-order valence-electron chi connectivity index (χ0n) is 14.0. The van der Waals surface area contributed by atoms with Crippen molar-refractivity contribution in [2.24, 2.45) is 0 Å². The van der Waals surface area contributed by atoms with Gasteiger partial charge in [-0.15, -0.1) is 0 Å². The number of hydrogen-bond donors (Lipinski definition) is 0. The van der Waals surface area contributed by atoms with Gasteiger partial charge in [0.1, 0.15) is 6.10 Å². The highest BCUT2D eigenvalue weighted by Crippen LogP contribution is 2.37. The van der Waals surface area contributed by atoms with Crippen molar-refractivity contribution in [3.8, 4) is 0 Å². The van der Waals surface area contributed by atoms with Crippen LogP contribution in [0.1, 0.15) is 62.3 Å². The molecule has 2 nitrogen and oxygen atoms in total. The van der Waals surface area contributed by atoms with E-state index in [1.54, 1.807) is 0 Å². The van der Waals surface area contributed by atoms with Gasteiger partial charge in [-0.05, 0) is 40.8 Å². The van der Waals surface area contributed by atoms with Crippen LogP contribution in [0.5, 0.6) is 0 Å². The maximum atomic E-state index is 11.4. The second-order valence-corrected chi connectivity index (χ2v) is 6.28. The summed E-state index contributed by atoms with van der Waals surface area (Å²) in [6.45, 7) is 3.71. The van der Waals surface area contributed by atoms with Crippen molar-refractivity contribution in [2.75, 3.05) is 0 Å². The fourth-order valence-corrected chi connectivity index (χ4v) is 3.44. The van der Waals surface area contributed by atoms with E-state index in [9.17, 15) is 4.79 Å². The smallest absolute Gasteiger partial charge is 0.303 e. The quantitative estimate of drug-likeness (QED) is 0.513. The van der Waals surface area contributed by atoms with Gasteiger partial charge in [0.05, 0.1) is 0 Å². The number of esters is 1. The van der Waals surface area contributed by atoms with Gasteiger partial charge in [-0.2, -0.15) is 0 Å². The number of carbonyl (C=O) groups excluding carboxylic acids is 1. The Morgan fingerprint density at radius 1 is 1.13 bits per heavy atom. The molecule has 1 atom stereocenters. The van der Waals surface area contributed by atoms with E-state index in [2.05, 4.69) is 37.3 Å². The highest BCUT2D eigenvalue weighted by molar-refractivity contribution is 5.96. The molecule has 2 aromatic carbocycles. The van der Waals surface area contributed by atoms with E-state index >= 15 is 0 Å². The monoisotopic (exact) mass is 308 g/mol. The molecule has 0 bridgehead atoms. The minimum atomic E-state index is -0.265. The average molecular weight is 308 g/mol. The Morgan fingerprint density at radius 2 is 2.00 bits per heavy atom. The van der Waals surface area contributed by atoms with Crippen molar-refractivity contribution in [1.82, 2.24) is 0 Å². The molecule has 1 aliphatic carbocycles. The Labute approximate surface area is 138 Å². The van der Waals surface area contributed by atoms with Gasteiger partial charge in [-0.25, -0.2) is 0 Å². The molecule has 0 saturated heterocycles. The van der Waals surface area contributed by atoms with Crippen LogP contribution in [0.25, 0.3) is 16.8 Å². The van der Waals surface area contributed by atoms with E-state index in [0.29, 0.717) is 0 Å². The fourth-order valence-electron chi connectivity index (χ4n) is 3.44. The summed E-state index contributed by atoms with van der Waals surface area (Å²) >= 11 is 0. The van der Waals surface area contributed by atoms with Crippen LogP contribution in [0, 0.1) is 0 Å². The van der Waals surface area contributed by atoms with Crippen LogP contribution in [-0.2, 0) is 16.0 Å². The first kappa shape index (κ1) is 15.8. The number of aryl methyl sites for hydroxylation is 1. The molecule has 0 radical (unpaired) electrons. The molecule has 0 aromatic heterocycles. The molecule has 0 aliphatic heterocycles. The summed E-state index contributed by atoms with van der Waals surface area (Å²) < 4.78 is 5.47. The number of rotatable bonds is 6. The first-order chi connectivity index (χ1) is 11.2. The predicted octanol–water partition coefficient (Wildman–Crippen LogP) is 5.59. The zero-order valence-corrected chi connectivity index (χ0v) is 14.0. The first-order valence-corrected chi connectivity index (χ1v) is 8.60. The molecule has 0 fully saturated rings. The van der Waals surface area contributed by atoms with Gasteiger partial charge >= 0.3 is 5.97 Å². The Kier molecular flexibility index (Phi) is 4.80. The molecule has 0 heterocycles. The van der Waals surface area contributed by atoms with Crippen LogP contribution in [0.4, 0.5) is 0 Å². The molecule has 1 unspecified atom stereocenters. The van der Waals surface area contributed by atoms with Crippen molar-refractivity contribution in [1.29, 1.82) is 0 Å². The standard InChI is InChI=1S/C21H24O2/c1-3-4-5-6-8-16-11-12-17-9-7-10-19-20(23-15(2)22)14-13-18(16)21(17)19/h7,9-14,20H,3-6,8H2,1-2H3. The summed E-state index contributed by atoms with van der Waals surface area (Å²) in [5, 5.41) is 2.46. The molecule has 120 valence electrons. The SMILES string of the molecule is CCCCCCc1ccc2cccc3c2c1C=CC3OC(C)=O. The highest BCUT2D eigenvalue weighted by Gasteiger charge is 2.21. The average Bonchev–Trinajstić information content (AvgIpc) is 2.55. The lowest BCUT2D eigenvalue weighted by atomic mass is 9.87. The molecule has 3 rings (SSSR count). The van der Waals surface area contributed by atoms with Crippen LogP contribution in [0.15, 0.2) is 36.4 Å². The fraction of sp³-hybridized carbons (Fsp3) is 0.381. The Hall–Kier alpha value is -2.09. The van der Waals surface area contributed by atoms with Crippen molar-refractivity contribution >= 4 is 22.8 Å². The molecule has 2 aromatic rings. The Balaban J connectivity index is 1.97. The molecule has 0 saturated carbocycles. The van der Waals surface area contributed by atoms with Gasteiger partial charge in [-0.3, -0.25) is 4.79 Å². The third-order valence-corrected chi connectivity index (χ3v) is 4.55. The summed E-state index contributed by atoms with van der Waals surface area (Å²) in [6, 6.07) is 10.7. The van der Waals surface area contributed by atoms with Gasteiger partial charge in [-0.1, -0.05) is 62.6 Å². The number of hydrogen-bond acceptors (Lipinski definition) is 2. The van der Waals surface area contributed by atoms with Crippen LogP contribution in [0.3, 0.4) is 0 Å². The van der Waals surface area contributed by atoms with E-state index in [0.717, 1.165) is 12.0 Å². The van der Waals surface area contributed by atoms with Crippen molar-refractivity contribution in [3.63, 3.8) is 0 Å². The maximum absolute atomic E-state index is 11.4. The third-order valence-electron chi connectivity index (χ3n) is 4.55. The molecular weight excluding hydrogens is 284 g/mol. The number of unbranched alkanes of at least 4 members (excludes halogenated alkanes) is 3. The lowest BCUT2D eigenvalue weighted by Gasteiger charge is -2.23. The maximum Gasteiger partial charge on any atom is 0.303 e. The lowest BCUT2D eigenvalue weighted by molar-refractivity contribution is -0.144. The van der Waals surface area contributed by atoms with Gasteiger partial charge in [0.15, 0.2) is 0 Å². The molecular formula is C21H24O2. The van der Waals surface area contributed by atoms with Crippen LogP contribution >= 0.6 is 0 Å². The molecule has 0 amide bonds. The van der Waals surface area contributed by atoms with E-state index in [4.69, 9.17) is 4.74 Å². The minimum absolute atomic E-state index is 0.240. The lowest BCUT2D eigenvalue weighted by Crippen LogP contribution is -2.10. The summed E-state index contributed by atoms with van der Waals surface area (Å²) in [4.78, 5) is 11.4. The Morgan fingerprint density at radius 3 is 2.78 bits per heavy atom. The number of carbonyl (C=O) groups is 1. The second kappa shape index (κ2) is 6.99. The van der Waals surface area contributed by atoms with Gasteiger partial charge < -0.3 is 4.74 Å². The van der Waals surface area contributed by atoms with E-state index in [-0.39, 0.29) is 12.1 Å². The topological polar surface area (TPSA) is 26.3 Å². The first-order valence-electron chi connectivity index (χ1n) is 8.60. The molecule has 0 N–H and O–H groups in total. The van der Waals surface area contributed by atoms with Gasteiger partial charge in [0.25, 0.3) is 0 Å². The normalized spacial score (nSPS) is 15.8. The van der Waals surface area contributed by atoms with Gasteiger partial charge in [0, 0.05) is 12.5 Å². The van der Waals surface area contributed by atoms with Crippen molar-refractivity contribution < 1.29 is 9.53 Å². The van der Waals surface area contributed by atoms with Gasteiger partial charge in [0.2, 0.25) is 0 Å². The molecule has 2 heteroatoms. The molecule has 0 spiro atoms. The summed E-state index contributed by atoms with van der Waals surface area (Å²) in [6.07, 6.45) is 10.1. The van der Waals surface area contributed by atoms with Crippen LogP contribution in [-0.4, -0.2) is 5.97 Å². The number of benzene rings is 2. The van der Waals surface area contributed by atoms with E-state index in [1.165, 1.54) is 54.5 Å². The second-order valence-electron chi connectivity index (χ2n) is 6.28. The van der Waals surface area contributed by atoms with Crippen molar-refractivity contribution in [2.45, 2.75) is 52.1 Å². The third kappa shape index (κ3) is 3.31. The summed E-state index contributed by atoms with van der Waals surface area (Å²) in [5.41, 5.74) is 3.81. The number of ether oxygens (including phenoxy) is 1. The van der Waals surface area contributed by atoms with E-state index in [1.807, 2.05) is 12.1 Å². The summed E-state index contributed by atoms with van der Waals surface area (Å²) in [5.74, 6) is -0.240. The van der Waals surface area contributed by atoms with Crippen LogP contribution in [0.2, 0.25) is 0 Å². The minimum Gasteiger partial charge on any atom is -0.453 e. The zero-order chi connectivity index (χ0) is 16.2. The van der Waals surface area contributed by atoms with Crippen LogP contribution < -0.4 is 0 Å². The van der Waals surface area contributed by atoms with E-state index < -0.39 is 0 Å².